The van der Waals surface area contributed by atoms with E-state index in [-0.39, 0.29) is 9.92 Å². The molecule has 0 aliphatic carbocycles. The molecule has 1 heterocycles. The summed E-state index contributed by atoms with van der Waals surface area (Å²) in [6.45, 7) is 0. The lowest BCUT2D eigenvalue weighted by atomic mass is 10.2. The van der Waals surface area contributed by atoms with Crippen molar-refractivity contribution in [2.24, 2.45) is 5.14 Å². The summed E-state index contributed by atoms with van der Waals surface area (Å²) in [7, 11) is -3.90. The maximum absolute atomic E-state index is 12.0. The summed E-state index contributed by atoms with van der Waals surface area (Å²) in [4.78, 5) is 15.7. The minimum atomic E-state index is -3.90. The van der Waals surface area contributed by atoms with Gasteiger partial charge in [0.2, 0.25) is 10.0 Å². The number of nitrogens with zero attached hydrogens (tertiary/aromatic N) is 1. The molecule has 0 fully saturated rings. The SMILES string of the molecule is NS(=O)(=O)c1ccc(NC(=O)c2cncc(Br)c2)cc1Cl. The van der Waals surface area contributed by atoms with Crippen molar-refractivity contribution < 1.29 is 13.2 Å². The molecule has 0 aliphatic rings. The Morgan fingerprint density at radius 3 is 2.57 bits per heavy atom. The predicted octanol–water partition coefficient (Wildman–Crippen LogP) is 2.40. The number of nitrogens with two attached hydrogens (primary N) is 1. The Kier molecular flexibility index (Phi) is 4.62. The number of sulfonamides is 1. The van der Waals surface area contributed by atoms with Crippen LogP contribution in [0.1, 0.15) is 10.4 Å². The van der Waals surface area contributed by atoms with Crippen molar-refractivity contribution in [3.8, 4) is 0 Å². The molecular weight excluding hydrogens is 382 g/mol. The molecule has 110 valence electrons. The summed E-state index contributed by atoms with van der Waals surface area (Å²) in [5.74, 6) is -0.400. The van der Waals surface area contributed by atoms with E-state index >= 15 is 0 Å². The summed E-state index contributed by atoms with van der Waals surface area (Å²) in [5.41, 5.74) is 0.688. The smallest absolute Gasteiger partial charge is 0.257 e. The van der Waals surface area contributed by atoms with E-state index in [2.05, 4.69) is 26.2 Å². The molecule has 0 aliphatic heterocycles. The van der Waals surface area contributed by atoms with Gasteiger partial charge in [-0.05, 0) is 40.2 Å². The number of primary sulfonamides is 1. The Morgan fingerprint density at radius 1 is 1.29 bits per heavy atom. The van der Waals surface area contributed by atoms with Crippen LogP contribution in [-0.2, 0) is 10.0 Å². The van der Waals surface area contributed by atoms with Gasteiger partial charge < -0.3 is 5.32 Å². The van der Waals surface area contributed by atoms with E-state index in [1.165, 1.54) is 24.4 Å². The van der Waals surface area contributed by atoms with E-state index in [4.69, 9.17) is 16.7 Å². The van der Waals surface area contributed by atoms with E-state index in [0.717, 1.165) is 0 Å². The molecule has 2 aromatic rings. The molecule has 1 amide bonds. The van der Waals surface area contributed by atoms with Crippen LogP contribution in [0.15, 0.2) is 46.0 Å². The standard InChI is InChI=1S/C12H9BrClN3O3S/c13-8-3-7(5-16-6-8)12(18)17-9-1-2-11(10(14)4-9)21(15,19)20/h1-6H,(H,17,18)(H2,15,19,20). The number of carbonyl (C=O) groups excluding carboxylic acids is 1. The second-order valence-electron chi connectivity index (χ2n) is 4.04. The number of rotatable bonds is 3. The molecule has 0 saturated heterocycles. The quantitative estimate of drug-likeness (QED) is 0.840. The maximum Gasteiger partial charge on any atom is 0.257 e. The highest BCUT2D eigenvalue weighted by Gasteiger charge is 2.14. The minimum Gasteiger partial charge on any atom is -0.322 e. The maximum atomic E-state index is 12.0. The highest BCUT2D eigenvalue weighted by atomic mass is 79.9. The normalized spacial score (nSPS) is 11.2. The number of hydrogen-bond donors (Lipinski definition) is 2. The van der Waals surface area contributed by atoms with Crippen molar-refractivity contribution in [2.45, 2.75) is 4.90 Å². The third kappa shape index (κ3) is 4.01. The topological polar surface area (TPSA) is 102 Å². The molecule has 1 aromatic carbocycles. The van der Waals surface area contributed by atoms with Crippen LogP contribution in [0.5, 0.6) is 0 Å². The number of anilines is 1. The molecule has 0 radical (unpaired) electrons. The van der Waals surface area contributed by atoms with Crippen LogP contribution in [0.2, 0.25) is 5.02 Å². The summed E-state index contributed by atoms with van der Waals surface area (Å²) in [6, 6.07) is 5.54. The second-order valence-corrected chi connectivity index (χ2v) is 6.89. The minimum absolute atomic E-state index is 0.0670. The van der Waals surface area contributed by atoms with Crippen molar-refractivity contribution in [1.82, 2.24) is 4.98 Å². The Labute approximate surface area is 134 Å². The Bertz CT molecular complexity index is 811. The predicted molar refractivity (Wildman–Crippen MR) is 82.7 cm³/mol. The first kappa shape index (κ1) is 15.9. The van der Waals surface area contributed by atoms with Gasteiger partial charge in [-0.15, -0.1) is 0 Å². The molecule has 2 rings (SSSR count). The first-order valence-corrected chi connectivity index (χ1v) is 8.23. The van der Waals surface area contributed by atoms with Crippen LogP contribution in [0, 0.1) is 0 Å². The molecule has 0 saturated carbocycles. The fraction of sp³-hybridized carbons (Fsp3) is 0. The van der Waals surface area contributed by atoms with Gasteiger partial charge in [-0.3, -0.25) is 9.78 Å². The number of benzene rings is 1. The zero-order chi connectivity index (χ0) is 15.6. The van der Waals surface area contributed by atoms with Crippen LogP contribution in [-0.4, -0.2) is 19.3 Å². The first-order valence-electron chi connectivity index (χ1n) is 5.51. The largest absolute Gasteiger partial charge is 0.322 e. The highest BCUT2D eigenvalue weighted by molar-refractivity contribution is 9.10. The molecule has 1 aromatic heterocycles. The zero-order valence-corrected chi connectivity index (χ0v) is 13.5. The summed E-state index contributed by atoms with van der Waals surface area (Å²) < 4.78 is 23.1. The molecule has 6 nitrogen and oxygen atoms in total. The van der Waals surface area contributed by atoms with E-state index < -0.39 is 15.9 Å². The summed E-state index contributed by atoms with van der Waals surface area (Å²) in [5, 5.41) is 7.52. The lowest BCUT2D eigenvalue weighted by Gasteiger charge is -2.07. The van der Waals surface area contributed by atoms with Crippen molar-refractivity contribution in [3.05, 3.63) is 51.7 Å². The highest BCUT2D eigenvalue weighted by Crippen LogP contribution is 2.24. The fourth-order valence-electron chi connectivity index (χ4n) is 1.55. The molecule has 21 heavy (non-hydrogen) atoms. The monoisotopic (exact) mass is 389 g/mol. The van der Waals surface area contributed by atoms with Gasteiger partial charge in [-0.1, -0.05) is 11.6 Å². The number of aromatic nitrogens is 1. The Balaban J connectivity index is 2.25. The average Bonchev–Trinajstić information content (AvgIpc) is 2.37. The molecule has 9 heteroatoms. The summed E-state index contributed by atoms with van der Waals surface area (Å²) >= 11 is 9.05. The number of hydrogen-bond acceptors (Lipinski definition) is 4. The van der Waals surface area contributed by atoms with Gasteiger partial charge in [0.05, 0.1) is 10.6 Å². The molecule has 3 N–H and O–H groups in total. The van der Waals surface area contributed by atoms with E-state index in [1.807, 2.05) is 0 Å². The van der Waals surface area contributed by atoms with Crippen LogP contribution in [0.3, 0.4) is 0 Å². The van der Waals surface area contributed by atoms with Crippen LogP contribution in [0.4, 0.5) is 5.69 Å². The number of pyridine rings is 1. The number of nitrogens with one attached hydrogen (secondary N) is 1. The van der Waals surface area contributed by atoms with Crippen molar-refractivity contribution in [3.63, 3.8) is 0 Å². The van der Waals surface area contributed by atoms with Gasteiger partial charge in [0, 0.05) is 22.6 Å². The van der Waals surface area contributed by atoms with E-state index in [0.29, 0.717) is 15.7 Å². The molecular formula is C12H9BrClN3O3S. The number of carbonyl (C=O) groups is 1. The van der Waals surface area contributed by atoms with Crippen molar-refractivity contribution >= 4 is 49.1 Å². The van der Waals surface area contributed by atoms with Crippen LogP contribution in [0.25, 0.3) is 0 Å². The average molecular weight is 391 g/mol. The molecule has 0 atom stereocenters. The Hall–Kier alpha value is -1.48. The van der Waals surface area contributed by atoms with Crippen LogP contribution < -0.4 is 10.5 Å². The van der Waals surface area contributed by atoms with Gasteiger partial charge in [0.25, 0.3) is 5.91 Å². The number of halogens is 2. The van der Waals surface area contributed by atoms with E-state index in [1.54, 1.807) is 12.3 Å². The molecule has 0 spiro atoms. The third-order valence-corrected chi connectivity index (χ3v) is 4.29. The fourth-order valence-corrected chi connectivity index (χ4v) is 3.01. The van der Waals surface area contributed by atoms with E-state index in [9.17, 15) is 13.2 Å². The van der Waals surface area contributed by atoms with Gasteiger partial charge in [0.1, 0.15) is 4.90 Å². The Morgan fingerprint density at radius 2 is 2.00 bits per heavy atom. The number of amides is 1. The lowest BCUT2D eigenvalue weighted by molar-refractivity contribution is 0.102. The lowest BCUT2D eigenvalue weighted by Crippen LogP contribution is -2.14. The second kappa shape index (κ2) is 6.10. The molecule has 0 bridgehead atoms. The zero-order valence-electron chi connectivity index (χ0n) is 10.4. The van der Waals surface area contributed by atoms with Gasteiger partial charge in [0.15, 0.2) is 0 Å². The third-order valence-electron chi connectivity index (χ3n) is 2.46. The van der Waals surface area contributed by atoms with Crippen LogP contribution >= 0.6 is 27.5 Å². The van der Waals surface area contributed by atoms with Crippen molar-refractivity contribution in [1.29, 1.82) is 0 Å². The van der Waals surface area contributed by atoms with Gasteiger partial charge >= 0.3 is 0 Å². The molecule has 0 unspecified atom stereocenters. The van der Waals surface area contributed by atoms with Gasteiger partial charge in [-0.2, -0.15) is 0 Å². The van der Waals surface area contributed by atoms with Crippen molar-refractivity contribution in [2.75, 3.05) is 5.32 Å². The summed E-state index contributed by atoms with van der Waals surface area (Å²) in [6.07, 6.45) is 2.95. The first-order chi connectivity index (χ1) is 9.77. The van der Waals surface area contributed by atoms with Gasteiger partial charge in [-0.25, -0.2) is 13.6 Å².